The van der Waals surface area contributed by atoms with Crippen LogP contribution in [-0.2, 0) is 9.30 Å². The minimum Gasteiger partial charge on any atom is -0.373 e. The molecule has 1 atom stereocenters. The molecule has 0 aliphatic heterocycles. The summed E-state index contributed by atoms with van der Waals surface area (Å²) in [7, 11) is -1.14. The van der Waals surface area contributed by atoms with Crippen LogP contribution in [0.3, 0.4) is 0 Å². The molecule has 0 aliphatic rings. The van der Waals surface area contributed by atoms with E-state index in [0.29, 0.717) is 0 Å². The predicted molar refractivity (Wildman–Crippen MR) is 76.2 cm³/mol. The molecule has 0 amide bonds. The third kappa shape index (κ3) is 2.27. The second kappa shape index (κ2) is 5.51. The average Bonchev–Trinajstić information content (AvgIpc) is 2.47. The molecule has 94 valence electrons. The number of ether oxygens (including phenoxy) is 1. The lowest BCUT2D eigenvalue weighted by atomic mass is 10.4. The van der Waals surface area contributed by atoms with Gasteiger partial charge in [0.15, 0.2) is 7.14 Å². The molecule has 18 heavy (non-hydrogen) atoms. The minimum atomic E-state index is -2.74. The summed E-state index contributed by atoms with van der Waals surface area (Å²) >= 11 is 0. The molecule has 3 heteroatoms. The molecule has 0 saturated carbocycles. The number of hydrogen-bond acceptors (Lipinski definition) is 2. The first-order valence-corrected chi connectivity index (χ1v) is 7.71. The quantitative estimate of drug-likeness (QED) is 0.790. The Kier molecular flexibility index (Phi) is 4.00. The summed E-state index contributed by atoms with van der Waals surface area (Å²) in [5, 5.41) is 1.68. The molecule has 0 saturated heterocycles. The molecule has 2 aromatic rings. The Labute approximate surface area is 108 Å². The minimum absolute atomic E-state index is 0.331. The Morgan fingerprint density at radius 2 is 1.28 bits per heavy atom. The van der Waals surface area contributed by atoms with E-state index in [1.165, 1.54) is 0 Å². The SMILES string of the molecule is CO[C@H](C)P(=O)(c1ccccc1)c1ccccc1. The third-order valence-corrected chi connectivity index (χ3v) is 6.50. The van der Waals surface area contributed by atoms with Crippen molar-refractivity contribution in [2.24, 2.45) is 0 Å². The molecule has 0 spiro atoms. The Morgan fingerprint density at radius 3 is 1.61 bits per heavy atom. The number of methoxy groups -OCH3 is 1. The Hall–Kier alpha value is -1.37. The maximum atomic E-state index is 13.4. The lowest BCUT2D eigenvalue weighted by Gasteiger charge is -2.24. The van der Waals surface area contributed by atoms with Gasteiger partial charge in [-0.05, 0) is 6.92 Å². The van der Waals surface area contributed by atoms with E-state index in [4.69, 9.17) is 4.74 Å². The van der Waals surface area contributed by atoms with Crippen molar-refractivity contribution in [1.82, 2.24) is 0 Å². The van der Waals surface area contributed by atoms with Crippen molar-refractivity contribution < 1.29 is 9.30 Å². The molecule has 0 bridgehead atoms. The molecule has 0 N–H and O–H groups in total. The zero-order chi connectivity index (χ0) is 13.0. The first-order valence-electron chi connectivity index (χ1n) is 5.93. The Balaban J connectivity index is 2.59. The lowest BCUT2D eigenvalue weighted by molar-refractivity contribution is 0.179. The van der Waals surface area contributed by atoms with Crippen molar-refractivity contribution in [1.29, 1.82) is 0 Å². The first-order chi connectivity index (χ1) is 8.69. The van der Waals surface area contributed by atoms with Gasteiger partial charge in [0.25, 0.3) is 0 Å². The van der Waals surface area contributed by atoms with E-state index < -0.39 is 7.14 Å². The van der Waals surface area contributed by atoms with E-state index in [1.54, 1.807) is 7.11 Å². The summed E-state index contributed by atoms with van der Waals surface area (Å²) < 4.78 is 18.8. The van der Waals surface area contributed by atoms with Gasteiger partial charge in [-0.1, -0.05) is 60.7 Å². The first kappa shape index (κ1) is 13.1. The standard InChI is InChI=1S/C15H17O2P/c1-13(17-2)18(16,14-9-5-3-6-10-14)15-11-7-4-8-12-15/h3-13H,1-2H3/t13-/m0/s1. The number of benzene rings is 2. The van der Waals surface area contributed by atoms with Crippen LogP contribution in [0.25, 0.3) is 0 Å². The summed E-state index contributed by atoms with van der Waals surface area (Å²) in [4.78, 5) is 0. The fraction of sp³-hybridized carbons (Fsp3) is 0.200. The topological polar surface area (TPSA) is 26.3 Å². The molecule has 0 unspecified atom stereocenters. The van der Waals surface area contributed by atoms with Gasteiger partial charge >= 0.3 is 0 Å². The number of hydrogen-bond donors (Lipinski definition) is 0. The molecule has 2 rings (SSSR count). The fourth-order valence-electron chi connectivity index (χ4n) is 2.02. The summed E-state index contributed by atoms with van der Waals surface area (Å²) in [6, 6.07) is 19.1. The molecule has 0 fully saturated rings. The zero-order valence-electron chi connectivity index (χ0n) is 10.6. The highest BCUT2D eigenvalue weighted by atomic mass is 31.2. The fourth-order valence-corrected chi connectivity index (χ4v) is 4.68. The molecular formula is C15H17O2P. The highest BCUT2D eigenvalue weighted by Gasteiger charge is 2.33. The number of rotatable bonds is 4. The van der Waals surface area contributed by atoms with Gasteiger partial charge in [-0.3, -0.25) is 0 Å². The van der Waals surface area contributed by atoms with Crippen molar-refractivity contribution in [2.45, 2.75) is 12.8 Å². The predicted octanol–water partition coefficient (Wildman–Crippen LogP) is 2.99. The molecule has 0 aliphatic carbocycles. The molecule has 0 radical (unpaired) electrons. The average molecular weight is 260 g/mol. The van der Waals surface area contributed by atoms with Gasteiger partial charge in [-0.25, -0.2) is 0 Å². The van der Waals surface area contributed by atoms with Crippen LogP contribution in [0.15, 0.2) is 60.7 Å². The van der Waals surface area contributed by atoms with E-state index in [2.05, 4.69) is 0 Å². The van der Waals surface area contributed by atoms with Gasteiger partial charge in [0, 0.05) is 17.7 Å². The van der Waals surface area contributed by atoms with Gasteiger partial charge in [-0.2, -0.15) is 0 Å². The maximum Gasteiger partial charge on any atom is 0.170 e. The van der Waals surface area contributed by atoms with E-state index in [0.717, 1.165) is 10.6 Å². The van der Waals surface area contributed by atoms with E-state index in [-0.39, 0.29) is 5.85 Å². The zero-order valence-corrected chi connectivity index (χ0v) is 11.5. The van der Waals surface area contributed by atoms with Crippen molar-refractivity contribution in [3.05, 3.63) is 60.7 Å². The van der Waals surface area contributed by atoms with Crippen molar-refractivity contribution >= 4 is 17.8 Å². The Morgan fingerprint density at radius 1 is 0.889 bits per heavy atom. The maximum absolute atomic E-state index is 13.4. The van der Waals surface area contributed by atoms with Crippen LogP contribution in [-0.4, -0.2) is 13.0 Å². The summed E-state index contributed by atoms with van der Waals surface area (Å²) in [6.45, 7) is 1.86. The third-order valence-electron chi connectivity index (χ3n) is 3.13. The monoisotopic (exact) mass is 260 g/mol. The smallest absolute Gasteiger partial charge is 0.170 e. The normalized spacial score (nSPS) is 13.2. The van der Waals surface area contributed by atoms with Crippen LogP contribution in [0.5, 0.6) is 0 Å². The van der Waals surface area contributed by atoms with Crippen LogP contribution in [0.4, 0.5) is 0 Å². The highest BCUT2D eigenvalue weighted by Crippen LogP contribution is 2.48. The molecule has 0 aromatic heterocycles. The van der Waals surface area contributed by atoms with Crippen LogP contribution in [0.1, 0.15) is 6.92 Å². The van der Waals surface area contributed by atoms with E-state index in [9.17, 15) is 4.57 Å². The van der Waals surface area contributed by atoms with Crippen molar-refractivity contribution in [3.63, 3.8) is 0 Å². The second-order valence-electron chi connectivity index (χ2n) is 4.16. The van der Waals surface area contributed by atoms with Crippen LogP contribution < -0.4 is 10.6 Å². The Bertz CT molecular complexity index is 493. The summed E-state index contributed by atoms with van der Waals surface area (Å²) in [6.07, 6.45) is 0. The second-order valence-corrected chi connectivity index (χ2v) is 7.24. The lowest BCUT2D eigenvalue weighted by Crippen LogP contribution is -2.25. The van der Waals surface area contributed by atoms with E-state index >= 15 is 0 Å². The molecule has 2 aromatic carbocycles. The highest BCUT2D eigenvalue weighted by molar-refractivity contribution is 7.79. The van der Waals surface area contributed by atoms with Crippen LogP contribution >= 0.6 is 7.14 Å². The van der Waals surface area contributed by atoms with Crippen LogP contribution in [0, 0.1) is 0 Å². The molecular weight excluding hydrogens is 243 g/mol. The summed E-state index contributed by atoms with van der Waals surface area (Å²) in [5.74, 6) is -0.331. The summed E-state index contributed by atoms with van der Waals surface area (Å²) in [5.41, 5.74) is 0. The molecule has 0 heterocycles. The van der Waals surface area contributed by atoms with Crippen molar-refractivity contribution in [2.75, 3.05) is 7.11 Å². The van der Waals surface area contributed by atoms with Crippen LogP contribution in [0.2, 0.25) is 0 Å². The van der Waals surface area contributed by atoms with Gasteiger partial charge < -0.3 is 9.30 Å². The van der Waals surface area contributed by atoms with Gasteiger partial charge in [0.2, 0.25) is 0 Å². The van der Waals surface area contributed by atoms with E-state index in [1.807, 2.05) is 67.6 Å². The molecule has 2 nitrogen and oxygen atoms in total. The van der Waals surface area contributed by atoms with Gasteiger partial charge in [0.05, 0.1) is 0 Å². The largest absolute Gasteiger partial charge is 0.373 e. The van der Waals surface area contributed by atoms with Crippen molar-refractivity contribution in [3.8, 4) is 0 Å². The van der Waals surface area contributed by atoms with Gasteiger partial charge in [0.1, 0.15) is 5.85 Å². The van der Waals surface area contributed by atoms with Gasteiger partial charge in [-0.15, -0.1) is 0 Å².